The molecule has 8 nitrogen and oxygen atoms in total. The zero-order chi connectivity index (χ0) is 30.5. The molecule has 4 aromatic carbocycles. The van der Waals surface area contributed by atoms with Gasteiger partial charge in [-0.2, -0.15) is 0 Å². The molecule has 0 bridgehead atoms. The Kier molecular flexibility index (Phi) is 8.76. The summed E-state index contributed by atoms with van der Waals surface area (Å²) in [4.78, 5) is 39.9. The number of benzene rings is 4. The number of nitrogens with one attached hydrogen (secondary N) is 1. The van der Waals surface area contributed by atoms with Crippen LogP contribution in [0.5, 0.6) is 11.5 Å². The molecule has 0 spiro atoms. The second-order valence-electron chi connectivity index (χ2n) is 10.6. The van der Waals surface area contributed by atoms with E-state index in [-0.39, 0.29) is 11.5 Å². The van der Waals surface area contributed by atoms with Crippen LogP contribution in [-0.2, 0) is 11.2 Å². The normalized spacial score (nSPS) is 16.0. The molecule has 8 heteroatoms. The number of amides is 3. The van der Waals surface area contributed by atoms with Crippen LogP contribution in [0.4, 0.5) is 4.79 Å². The maximum absolute atomic E-state index is 13.8. The summed E-state index contributed by atoms with van der Waals surface area (Å²) >= 11 is 0. The van der Waals surface area contributed by atoms with Gasteiger partial charge < -0.3 is 19.9 Å². The van der Waals surface area contributed by atoms with Crippen molar-refractivity contribution in [3.8, 4) is 11.5 Å². The van der Waals surface area contributed by atoms with Crippen molar-refractivity contribution in [2.24, 2.45) is 5.92 Å². The van der Waals surface area contributed by atoms with Crippen molar-refractivity contribution in [2.45, 2.75) is 39.5 Å². The number of rotatable bonds is 10. The fourth-order valence-corrected chi connectivity index (χ4v) is 5.15. The van der Waals surface area contributed by atoms with Crippen molar-refractivity contribution >= 4 is 17.9 Å². The number of aryl methyl sites for hydroxylation is 2. The number of aromatic carboxylic acids is 1. The summed E-state index contributed by atoms with van der Waals surface area (Å²) in [6.45, 7) is 6.36. The minimum atomic E-state index is -1.06. The topological polar surface area (TPSA) is 105 Å². The quantitative estimate of drug-likeness (QED) is 0.214. The number of carbonyl (C=O) groups excluding carboxylic acids is 2. The Hall–Kier alpha value is -5.11. The first-order valence-corrected chi connectivity index (χ1v) is 14.2. The second kappa shape index (κ2) is 12.8. The summed E-state index contributed by atoms with van der Waals surface area (Å²) < 4.78 is 12.0. The zero-order valence-corrected chi connectivity index (χ0v) is 24.3. The van der Waals surface area contributed by atoms with Crippen molar-refractivity contribution in [1.82, 2.24) is 10.2 Å². The predicted octanol–water partition coefficient (Wildman–Crippen LogP) is 6.31. The van der Waals surface area contributed by atoms with Crippen molar-refractivity contribution < 1.29 is 29.0 Å². The number of hydrogen-bond acceptors (Lipinski definition) is 5. The van der Waals surface area contributed by atoms with E-state index >= 15 is 0 Å². The summed E-state index contributed by atoms with van der Waals surface area (Å²) in [6, 6.07) is 28.1. The highest BCUT2D eigenvalue weighted by molar-refractivity contribution is 6.01. The smallest absolute Gasteiger partial charge is 0.335 e. The third kappa shape index (κ3) is 6.54. The van der Waals surface area contributed by atoms with Crippen molar-refractivity contribution in [3.63, 3.8) is 0 Å². The molecule has 2 unspecified atom stereocenters. The zero-order valence-electron chi connectivity index (χ0n) is 24.3. The van der Waals surface area contributed by atoms with Crippen LogP contribution in [0.1, 0.15) is 51.1 Å². The Morgan fingerprint density at radius 2 is 1.44 bits per heavy atom. The molecular weight excluding hydrogens is 544 g/mol. The Bertz CT molecular complexity index is 1550. The number of carboxylic acids is 1. The number of ether oxygens (including phenoxy) is 2. The van der Waals surface area contributed by atoms with E-state index in [1.165, 1.54) is 24.3 Å². The molecule has 1 aliphatic heterocycles. The molecule has 3 amide bonds. The molecule has 220 valence electrons. The molecule has 1 saturated heterocycles. The number of imide groups is 1. The van der Waals surface area contributed by atoms with Crippen LogP contribution >= 0.6 is 0 Å². The summed E-state index contributed by atoms with van der Waals surface area (Å²) in [7, 11) is 0. The van der Waals surface area contributed by atoms with Crippen molar-refractivity contribution in [2.75, 3.05) is 6.61 Å². The number of carbonyl (C=O) groups is 3. The Labute approximate surface area is 250 Å². The summed E-state index contributed by atoms with van der Waals surface area (Å²) in [5.41, 5.74) is 4.86. The maximum Gasteiger partial charge on any atom is 0.335 e. The van der Waals surface area contributed by atoms with Gasteiger partial charge in [0.2, 0.25) is 5.91 Å². The van der Waals surface area contributed by atoms with Gasteiger partial charge in [0.25, 0.3) is 0 Å². The highest BCUT2D eigenvalue weighted by Gasteiger charge is 2.53. The number of para-hydroxylation sites is 1. The number of β-lactam (4-membered cyclic amide) rings is 1. The minimum Gasteiger partial charge on any atom is -0.494 e. The first-order chi connectivity index (χ1) is 20.7. The van der Waals surface area contributed by atoms with Gasteiger partial charge in [0.1, 0.15) is 11.5 Å². The third-order valence-corrected chi connectivity index (χ3v) is 7.53. The van der Waals surface area contributed by atoms with E-state index < -0.39 is 30.2 Å². The van der Waals surface area contributed by atoms with Crippen LogP contribution in [0.3, 0.4) is 0 Å². The average molecular weight is 579 g/mol. The number of nitrogens with zero attached hydrogens (tertiary/aromatic N) is 1. The van der Waals surface area contributed by atoms with Crippen LogP contribution < -0.4 is 14.8 Å². The molecule has 4 aromatic rings. The van der Waals surface area contributed by atoms with E-state index in [4.69, 9.17) is 9.47 Å². The van der Waals surface area contributed by atoms with Crippen molar-refractivity contribution in [3.05, 3.63) is 130 Å². The number of hydrogen-bond donors (Lipinski definition) is 2. The second-order valence-corrected chi connectivity index (χ2v) is 10.6. The maximum atomic E-state index is 13.8. The molecular formula is C35H34N2O6. The molecule has 0 radical (unpaired) electrons. The van der Waals surface area contributed by atoms with Gasteiger partial charge in [-0.05, 0) is 74.2 Å². The first-order valence-electron chi connectivity index (χ1n) is 14.2. The fraction of sp³-hybridized carbons (Fsp3) is 0.229. The number of urea groups is 1. The monoisotopic (exact) mass is 578 g/mol. The van der Waals surface area contributed by atoms with E-state index in [1.807, 2.05) is 93.6 Å². The molecule has 0 saturated carbocycles. The molecule has 1 fully saturated rings. The van der Waals surface area contributed by atoms with Gasteiger partial charge in [-0.1, -0.05) is 77.9 Å². The number of carboxylic acid groups (broad SMARTS) is 1. The molecule has 1 heterocycles. The Morgan fingerprint density at radius 1 is 0.860 bits per heavy atom. The van der Waals surface area contributed by atoms with Gasteiger partial charge in [-0.3, -0.25) is 4.79 Å². The van der Waals surface area contributed by atoms with Crippen LogP contribution in [0.15, 0.2) is 97.1 Å². The van der Waals surface area contributed by atoms with Gasteiger partial charge in [0.15, 0.2) is 6.23 Å². The standard InChI is InChI=1S/C35H34N2O6/c1-4-42-30-8-6-5-7-27(30)21-29-32(38)37(33(29)43-28-19-17-26(18-20-28)34(39)40)35(41)36-31(24-13-9-22(2)10-14-24)25-15-11-23(3)12-16-25/h5-20,29,31,33H,4,21H2,1-3H3,(H,36,41)(H,39,40). The summed E-state index contributed by atoms with van der Waals surface area (Å²) in [5.74, 6) is -1.08. The van der Waals surface area contributed by atoms with Gasteiger partial charge in [0, 0.05) is 0 Å². The van der Waals surface area contributed by atoms with Gasteiger partial charge in [-0.15, -0.1) is 0 Å². The van der Waals surface area contributed by atoms with Crippen LogP contribution in [0.2, 0.25) is 0 Å². The van der Waals surface area contributed by atoms with E-state index in [9.17, 15) is 19.5 Å². The lowest BCUT2D eigenvalue weighted by atomic mass is 9.88. The lowest BCUT2D eigenvalue weighted by Crippen LogP contribution is -2.68. The predicted molar refractivity (Wildman–Crippen MR) is 162 cm³/mol. The average Bonchev–Trinajstić information content (AvgIpc) is 3.00. The SMILES string of the molecule is CCOc1ccccc1CC1C(=O)N(C(=O)NC(c2ccc(C)cc2)c2ccc(C)cc2)C1Oc1ccc(C(=O)O)cc1. The van der Waals surface area contributed by atoms with Crippen LogP contribution in [-0.4, -0.2) is 40.7 Å². The van der Waals surface area contributed by atoms with Crippen LogP contribution in [0.25, 0.3) is 0 Å². The highest BCUT2D eigenvalue weighted by atomic mass is 16.5. The third-order valence-electron chi connectivity index (χ3n) is 7.53. The van der Waals surface area contributed by atoms with E-state index in [0.717, 1.165) is 32.7 Å². The van der Waals surface area contributed by atoms with Crippen LogP contribution in [0, 0.1) is 19.8 Å². The molecule has 2 N–H and O–H groups in total. The van der Waals surface area contributed by atoms with Gasteiger partial charge >= 0.3 is 12.0 Å². The Balaban J connectivity index is 1.44. The summed E-state index contributed by atoms with van der Waals surface area (Å²) in [6.07, 6.45) is -0.620. The van der Waals surface area contributed by atoms with Gasteiger partial charge in [0.05, 0.1) is 24.1 Å². The van der Waals surface area contributed by atoms with E-state index in [2.05, 4.69) is 5.32 Å². The summed E-state index contributed by atoms with van der Waals surface area (Å²) in [5, 5.41) is 12.3. The molecule has 5 rings (SSSR count). The van der Waals surface area contributed by atoms with E-state index in [0.29, 0.717) is 24.5 Å². The molecule has 0 aliphatic carbocycles. The molecule has 0 aromatic heterocycles. The molecule has 43 heavy (non-hydrogen) atoms. The minimum absolute atomic E-state index is 0.105. The number of likely N-dealkylation sites (tertiary alicyclic amines) is 1. The molecule has 2 atom stereocenters. The lowest BCUT2D eigenvalue weighted by Gasteiger charge is -2.45. The van der Waals surface area contributed by atoms with Gasteiger partial charge in [-0.25, -0.2) is 14.5 Å². The lowest BCUT2D eigenvalue weighted by molar-refractivity contribution is -0.166. The largest absolute Gasteiger partial charge is 0.494 e. The fourth-order valence-electron chi connectivity index (χ4n) is 5.15. The highest BCUT2D eigenvalue weighted by Crippen LogP contribution is 2.35. The molecule has 1 aliphatic rings. The van der Waals surface area contributed by atoms with E-state index in [1.54, 1.807) is 0 Å². The Morgan fingerprint density at radius 3 is 2.00 bits per heavy atom. The van der Waals surface area contributed by atoms with Crippen molar-refractivity contribution in [1.29, 1.82) is 0 Å². The first kappa shape index (κ1) is 29.4.